The first-order chi connectivity index (χ1) is 16.0. The number of amides is 3. The number of aromatic nitrogens is 1. The fourth-order valence-electron chi connectivity index (χ4n) is 3.08. The van der Waals surface area contributed by atoms with Gasteiger partial charge in [0.1, 0.15) is 9.88 Å². The third-order valence-corrected chi connectivity index (χ3v) is 5.93. The van der Waals surface area contributed by atoms with Crippen LogP contribution in [-0.4, -0.2) is 29.3 Å². The number of rotatable bonds is 8. The van der Waals surface area contributed by atoms with Crippen molar-refractivity contribution in [3.05, 3.63) is 71.2 Å². The summed E-state index contributed by atoms with van der Waals surface area (Å²) in [6.45, 7) is 1.98. The smallest absolute Gasteiger partial charge is 0.281 e. The van der Waals surface area contributed by atoms with E-state index in [0.29, 0.717) is 21.3 Å². The number of carbonyl (C=O) groups is 3. The lowest BCUT2D eigenvalue weighted by Crippen LogP contribution is -2.42. The van der Waals surface area contributed by atoms with Gasteiger partial charge in [0.2, 0.25) is 11.8 Å². The molecule has 33 heavy (non-hydrogen) atoms. The summed E-state index contributed by atoms with van der Waals surface area (Å²) in [4.78, 5) is 43.7. The van der Waals surface area contributed by atoms with E-state index in [0.717, 1.165) is 5.56 Å². The predicted molar refractivity (Wildman–Crippen MR) is 126 cm³/mol. The second kappa shape index (κ2) is 11.5. The Kier molecular flexibility index (Phi) is 8.27. The van der Waals surface area contributed by atoms with Crippen LogP contribution in [-0.2, 0) is 9.59 Å². The first-order valence-electron chi connectivity index (χ1n) is 10.3. The van der Waals surface area contributed by atoms with E-state index in [2.05, 4.69) is 15.8 Å². The highest BCUT2D eigenvalue weighted by atomic mass is 32.1. The molecule has 0 spiro atoms. The first-order valence-corrected chi connectivity index (χ1v) is 11.2. The standard InChI is InChI=1S/C24H23N5O3S/c1-17-22(33-24(26-17)18-9-4-2-5-10-18)23(32)28-27-20(30)13-14-21(31)29(16-8-15-25)19-11-6-3-7-12-19/h2-7,9-12H,8,13-14,16H2,1H3,(H,27,30)(H,28,32). The third kappa shape index (κ3) is 6.48. The largest absolute Gasteiger partial charge is 0.311 e. The zero-order valence-electron chi connectivity index (χ0n) is 18.1. The van der Waals surface area contributed by atoms with Crippen LogP contribution in [0, 0.1) is 18.3 Å². The van der Waals surface area contributed by atoms with Gasteiger partial charge in [-0.1, -0.05) is 48.5 Å². The maximum Gasteiger partial charge on any atom is 0.281 e. The molecule has 0 radical (unpaired) electrons. The van der Waals surface area contributed by atoms with E-state index in [4.69, 9.17) is 5.26 Å². The number of nitriles is 1. The van der Waals surface area contributed by atoms with E-state index in [1.807, 2.05) is 42.5 Å². The van der Waals surface area contributed by atoms with Crippen LogP contribution < -0.4 is 15.8 Å². The number of hydrogen-bond acceptors (Lipinski definition) is 6. The lowest BCUT2D eigenvalue weighted by Gasteiger charge is -2.21. The maximum atomic E-state index is 12.6. The SMILES string of the molecule is Cc1nc(-c2ccccc2)sc1C(=O)NNC(=O)CCC(=O)N(CCC#N)c1ccccc1. The second-order valence-electron chi connectivity index (χ2n) is 7.09. The molecule has 0 saturated heterocycles. The van der Waals surface area contributed by atoms with Crippen LogP contribution >= 0.6 is 11.3 Å². The molecule has 0 aliphatic carbocycles. The Labute approximate surface area is 195 Å². The summed E-state index contributed by atoms with van der Waals surface area (Å²) in [6.07, 6.45) is 0.0216. The number of benzene rings is 2. The van der Waals surface area contributed by atoms with E-state index >= 15 is 0 Å². The van der Waals surface area contributed by atoms with Crippen LogP contribution in [0.5, 0.6) is 0 Å². The second-order valence-corrected chi connectivity index (χ2v) is 8.09. The number of thiazole rings is 1. The molecule has 0 atom stereocenters. The fourth-order valence-corrected chi connectivity index (χ4v) is 4.05. The van der Waals surface area contributed by atoms with Crippen LogP contribution in [0.4, 0.5) is 5.69 Å². The number of anilines is 1. The Balaban J connectivity index is 1.53. The van der Waals surface area contributed by atoms with Gasteiger partial charge in [-0.2, -0.15) is 5.26 Å². The predicted octanol–water partition coefficient (Wildman–Crippen LogP) is 3.61. The van der Waals surface area contributed by atoms with Crippen LogP contribution in [0.3, 0.4) is 0 Å². The zero-order chi connectivity index (χ0) is 23.6. The van der Waals surface area contributed by atoms with Gasteiger partial charge in [0.25, 0.3) is 5.91 Å². The van der Waals surface area contributed by atoms with Crippen LogP contribution in [0.1, 0.15) is 34.6 Å². The normalized spacial score (nSPS) is 10.2. The highest BCUT2D eigenvalue weighted by Gasteiger charge is 2.19. The van der Waals surface area contributed by atoms with Crippen molar-refractivity contribution in [1.29, 1.82) is 5.26 Å². The maximum absolute atomic E-state index is 12.6. The number of aryl methyl sites for hydroxylation is 1. The molecule has 0 aliphatic heterocycles. The highest BCUT2D eigenvalue weighted by Crippen LogP contribution is 2.27. The van der Waals surface area contributed by atoms with Crippen molar-refractivity contribution in [2.24, 2.45) is 0 Å². The summed E-state index contributed by atoms with van der Waals surface area (Å²) < 4.78 is 0. The van der Waals surface area contributed by atoms with Crippen molar-refractivity contribution >= 4 is 34.7 Å². The average molecular weight is 462 g/mol. The van der Waals surface area contributed by atoms with Crippen molar-refractivity contribution in [3.63, 3.8) is 0 Å². The van der Waals surface area contributed by atoms with Gasteiger partial charge in [0.15, 0.2) is 0 Å². The van der Waals surface area contributed by atoms with Crippen molar-refractivity contribution in [3.8, 4) is 16.6 Å². The minimum absolute atomic E-state index is 0.0558. The Hall–Kier alpha value is -4.03. The number of hydrogen-bond donors (Lipinski definition) is 2. The monoisotopic (exact) mass is 461 g/mol. The van der Waals surface area contributed by atoms with Gasteiger partial charge in [-0.05, 0) is 19.1 Å². The number of hydrazine groups is 1. The van der Waals surface area contributed by atoms with E-state index in [1.165, 1.54) is 16.2 Å². The van der Waals surface area contributed by atoms with Crippen molar-refractivity contribution in [1.82, 2.24) is 15.8 Å². The Bertz CT molecular complexity index is 1160. The van der Waals surface area contributed by atoms with Gasteiger partial charge < -0.3 is 4.90 Å². The molecule has 168 valence electrons. The molecule has 0 bridgehead atoms. The van der Waals surface area contributed by atoms with Gasteiger partial charge in [-0.25, -0.2) is 4.98 Å². The summed E-state index contributed by atoms with van der Waals surface area (Å²) in [5.74, 6) is -1.23. The summed E-state index contributed by atoms with van der Waals surface area (Å²) in [5.41, 5.74) is 6.88. The van der Waals surface area contributed by atoms with Crippen molar-refractivity contribution in [2.45, 2.75) is 26.2 Å². The first kappa shape index (κ1) is 23.6. The molecule has 0 unspecified atom stereocenters. The summed E-state index contributed by atoms with van der Waals surface area (Å²) >= 11 is 1.24. The number of nitrogens with zero attached hydrogens (tertiary/aromatic N) is 3. The quantitative estimate of drug-likeness (QED) is 0.497. The topological polar surface area (TPSA) is 115 Å². The minimum atomic E-state index is -0.490. The van der Waals surface area contributed by atoms with Gasteiger partial charge in [0, 0.05) is 30.6 Å². The molecule has 8 nitrogen and oxygen atoms in total. The fraction of sp³-hybridized carbons (Fsp3) is 0.208. The van der Waals surface area contributed by atoms with Gasteiger partial charge in [-0.15, -0.1) is 11.3 Å². The number of nitrogens with one attached hydrogen (secondary N) is 2. The average Bonchev–Trinajstić information content (AvgIpc) is 3.24. The molecule has 9 heteroatoms. The molecule has 0 fully saturated rings. The van der Waals surface area contributed by atoms with Crippen LogP contribution in [0.2, 0.25) is 0 Å². The Morgan fingerprint density at radius 3 is 2.33 bits per heavy atom. The molecule has 1 aromatic heterocycles. The summed E-state index contributed by atoms with van der Waals surface area (Å²) in [6, 6.07) is 20.5. The zero-order valence-corrected chi connectivity index (χ0v) is 18.9. The van der Waals surface area contributed by atoms with E-state index in [-0.39, 0.29) is 31.7 Å². The molecule has 2 N–H and O–H groups in total. The van der Waals surface area contributed by atoms with Crippen molar-refractivity contribution in [2.75, 3.05) is 11.4 Å². The lowest BCUT2D eigenvalue weighted by molar-refractivity contribution is -0.125. The molecular weight excluding hydrogens is 438 g/mol. The lowest BCUT2D eigenvalue weighted by atomic mass is 10.2. The number of carbonyl (C=O) groups excluding carboxylic acids is 3. The number of para-hydroxylation sites is 1. The Morgan fingerprint density at radius 2 is 1.67 bits per heavy atom. The van der Waals surface area contributed by atoms with Gasteiger partial charge >= 0.3 is 0 Å². The molecule has 3 rings (SSSR count). The molecule has 0 saturated carbocycles. The third-order valence-electron chi connectivity index (χ3n) is 4.72. The molecule has 3 aromatic rings. The van der Waals surface area contributed by atoms with Gasteiger partial charge in [0.05, 0.1) is 18.2 Å². The molecule has 2 aromatic carbocycles. The van der Waals surface area contributed by atoms with Gasteiger partial charge in [-0.3, -0.25) is 25.2 Å². The van der Waals surface area contributed by atoms with Crippen molar-refractivity contribution < 1.29 is 14.4 Å². The van der Waals surface area contributed by atoms with E-state index in [1.54, 1.807) is 31.2 Å². The summed E-state index contributed by atoms with van der Waals surface area (Å²) in [5, 5.41) is 9.58. The highest BCUT2D eigenvalue weighted by molar-refractivity contribution is 7.17. The molecule has 1 heterocycles. The van der Waals surface area contributed by atoms with E-state index in [9.17, 15) is 14.4 Å². The summed E-state index contributed by atoms with van der Waals surface area (Å²) in [7, 11) is 0. The van der Waals surface area contributed by atoms with Crippen LogP contribution in [0.15, 0.2) is 60.7 Å². The molecule has 3 amide bonds. The van der Waals surface area contributed by atoms with Crippen LogP contribution in [0.25, 0.3) is 10.6 Å². The Morgan fingerprint density at radius 1 is 1.00 bits per heavy atom. The molecular formula is C24H23N5O3S. The molecule has 0 aliphatic rings. The minimum Gasteiger partial charge on any atom is -0.311 e. The van der Waals surface area contributed by atoms with E-state index < -0.39 is 11.8 Å².